The molecule has 68 heavy (non-hydrogen) atoms. The number of cyclic esters (lactones) is 1. The zero-order valence-electron chi connectivity index (χ0n) is 38.2. The summed E-state index contributed by atoms with van der Waals surface area (Å²) in [5.74, 6) is -3.93. The van der Waals surface area contributed by atoms with E-state index in [1.54, 1.807) is 42.5 Å². The largest absolute Gasteiger partial charge is 0.455 e. The quantitative estimate of drug-likeness (QED) is 0.0567. The van der Waals surface area contributed by atoms with E-state index < -0.39 is 77.3 Å². The standard InChI is InChI=1S/C45H70FN7O9.6CH4/c1-12-17-32-37-45(8,62-42(57)53(37)21-15-14-20-52-26-33(49-50-52)30-18-16-19-31(47)23-30)35(13-2)60-41(56)44(7,46)38(55)29(5)39(43(6,58-11)24-27(3)25-48-32)61-40-36(54)34(51(9)10)22-28(4)59-40;;;;;;/h12,16,18-19,23,26-29,32,34-37,39-40,48,54H,1,13-15,17,20-22,24-25,47H2,2-11H3;6*1H4/t27-,28?,29+,32-,34?,35-,36?,37-,39-,40+,43-,44+,45-;;;;;;/m1....../s1. The number of alkyl halides is 1. The van der Waals surface area contributed by atoms with Crippen molar-refractivity contribution in [1.29, 1.82) is 0 Å². The van der Waals surface area contributed by atoms with E-state index in [2.05, 4.69) is 22.2 Å². The van der Waals surface area contributed by atoms with Gasteiger partial charge >= 0.3 is 12.1 Å². The number of fused-ring (bicyclic) bond motifs is 1. The number of nitrogens with one attached hydrogen (secondary N) is 1. The third-order valence-corrected chi connectivity index (χ3v) is 13.1. The van der Waals surface area contributed by atoms with Crippen LogP contribution in [0.5, 0.6) is 0 Å². The van der Waals surface area contributed by atoms with E-state index in [-0.39, 0.29) is 69.0 Å². The number of nitrogens with zero attached hydrogens (tertiary/aromatic N) is 5. The minimum Gasteiger partial charge on any atom is -0.455 e. The fourth-order valence-electron chi connectivity index (χ4n) is 9.66. The Bertz CT molecular complexity index is 1870. The number of rotatable bonds is 13. The van der Waals surface area contributed by atoms with Crippen LogP contribution in [0.1, 0.15) is 132 Å². The number of anilines is 1. The lowest BCUT2D eigenvalue weighted by Crippen LogP contribution is -2.62. The number of nitrogens with two attached hydrogens (primary N) is 1. The van der Waals surface area contributed by atoms with Crippen molar-refractivity contribution in [3.05, 3.63) is 43.1 Å². The number of ketones is 1. The molecule has 16 nitrogen and oxygen atoms in total. The van der Waals surface area contributed by atoms with Gasteiger partial charge in [0.2, 0.25) is 0 Å². The van der Waals surface area contributed by atoms with Crippen molar-refractivity contribution in [1.82, 2.24) is 30.1 Å². The van der Waals surface area contributed by atoms with Crippen LogP contribution in [0.15, 0.2) is 43.1 Å². The van der Waals surface area contributed by atoms with Crippen molar-refractivity contribution in [2.75, 3.05) is 40.0 Å². The second-order valence-electron chi connectivity index (χ2n) is 18.3. The summed E-state index contributed by atoms with van der Waals surface area (Å²) in [6.07, 6.45) is 0.719. The molecule has 0 spiro atoms. The monoisotopic (exact) mass is 968 g/mol. The van der Waals surface area contributed by atoms with Crippen LogP contribution in [-0.4, -0.2) is 148 Å². The molecular formula is C51H94FN7O9. The number of amides is 1. The van der Waals surface area contributed by atoms with Crippen LogP contribution in [0, 0.1) is 11.8 Å². The fraction of sp³-hybridized carbons (Fsp3) is 0.745. The van der Waals surface area contributed by atoms with E-state index in [0.717, 1.165) is 12.5 Å². The van der Waals surface area contributed by atoms with Gasteiger partial charge in [0.05, 0.1) is 30.0 Å². The lowest BCUT2D eigenvalue weighted by atomic mass is 9.78. The Morgan fingerprint density at radius 3 is 2.29 bits per heavy atom. The smallest absolute Gasteiger partial charge is 0.410 e. The van der Waals surface area contributed by atoms with Gasteiger partial charge in [0.25, 0.3) is 5.67 Å². The number of likely N-dealkylation sites (N-methyl/N-ethyl adjacent to an activating group) is 1. The normalized spacial score (nSPS) is 33.2. The maximum atomic E-state index is 17.1. The second kappa shape index (κ2) is 27.4. The first-order chi connectivity index (χ1) is 29.2. The number of halogens is 1. The van der Waals surface area contributed by atoms with Crippen LogP contribution in [0.4, 0.5) is 14.9 Å². The molecule has 5 rings (SSSR count). The molecule has 0 radical (unpaired) electrons. The summed E-state index contributed by atoms with van der Waals surface area (Å²) in [5.41, 5.74) is 2.28. The van der Waals surface area contributed by atoms with Gasteiger partial charge in [0.1, 0.15) is 17.9 Å². The van der Waals surface area contributed by atoms with Crippen LogP contribution < -0.4 is 11.1 Å². The van der Waals surface area contributed by atoms with Gasteiger partial charge in [-0.2, -0.15) is 0 Å². The third kappa shape index (κ3) is 14.3. The van der Waals surface area contributed by atoms with Crippen LogP contribution in [-0.2, 0) is 39.8 Å². The summed E-state index contributed by atoms with van der Waals surface area (Å²) >= 11 is 0. The van der Waals surface area contributed by atoms with E-state index in [1.165, 1.54) is 14.0 Å². The highest BCUT2D eigenvalue weighted by Gasteiger charge is 2.60. The molecule has 1 aromatic heterocycles. The molecule has 4 heterocycles. The molecule has 3 saturated heterocycles. The number of hydrogen-bond donors (Lipinski definition) is 3. The number of aromatic nitrogens is 3. The number of carbonyl (C=O) groups excluding carboxylic acids is 3. The Kier molecular flexibility index (Phi) is 26.6. The first-order valence-corrected chi connectivity index (χ1v) is 21.9. The zero-order chi connectivity index (χ0) is 45.7. The number of hydrogen-bond acceptors (Lipinski definition) is 14. The highest BCUT2D eigenvalue weighted by Crippen LogP contribution is 2.41. The number of carbonyl (C=O) groups is 3. The second-order valence-corrected chi connectivity index (χ2v) is 18.3. The average Bonchev–Trinajstić information content (AvgIpc) is 3.80. The number of aryl methyl sites for hydroxylation is 1. The van der Waals surface area contributed by atoms with E-state index in [0.29, 0.717) is 63.1 Å². The van der Waals surface area contributed by atoms with Crippen LogP contribution in [0.2, 0.25) is 0 Å². The predicted molar refractivity (Wildman–Crippen MR) is 272 cm³/mol. The van der Waals surface area contributed by atoms with E-state index >= 15 is 4.39 Å². The van der Waals surface area contributed by atoms with Gasteiger partial charge in [-0.3, -0.25) is 14.4 Å². The van der Waals surface area contributed by atoms with Crippen molar-refractivity contribution in [2.45, 2.75) is 204 Å². The van der Waals surface area contributed by atoms with Crippen molar-refractivity contribution >= 4 is 23.5 Å². The van der Waals surface area contributed by atoms with Crippen LogP contribution in [0.25, 0.3) is 11.3 Å². The summed E-state index contributed by atoms with van der Waals surface area (Å²) in [6.45, 7) is 16.8. The summed E-state index contributed by atoms with van der Waals surface area (Å²) < 4.78 is 49.9. The Balaban J connectivity index is 0. The molecule has 3 unspecified atom stereocenters. The molecule has 0 saturated carbocycles. The predicted octanol–water partition coefficient (Wildman–Crippen LogP) is 8.75. The SMILES string of the molecule is C.C.C.C.C.C.C=CC[C@H]1NC[C@H](C)C[C@@](C)(OC)[C@H](O[C@@H]2OC(C)CC(N(C)C)C2O)[C@@H](C)C(=O)[C@](C)(F)C(=O)O[C@H](CC)[C@@]2(C)OC(=O)N(CCCCn3cc(-c4cccc(N)c4)nn3)[C@H]12. The summed E-state index contributed by atoms with van der Waals surface area (Å²) in [7, 11) is 5.20. The van der Waals surface area contributed by atoms with Gasteiger partial charge in [-0.05, 0) is 105 Å². The molecule has 3 aliphatic rings. The minimum absolute atomic E-state index is 0. The number of aliphatic hydroxyl groups is 1. The summed E-state index contributed by atoms with van der Waals surface area (Å²) in [4.78, 5) is 46.0. The Morgan fingerprint density at radius 1 is 1.06 bits per heavy atom. The lowest BCUT2D eigenvalue weighted by Gasteiger charge is -2.47. The van der Waals surface area contributed by atoms with Crippen molar-refractivity contribution in [3.63, 3.8) is 0 Å². The van der Waals surface area contributed by atoms with Crippen molar-refractivity contribution < 1.29 is 47.6 Å². The van der Waals surface area contributed by atoms with Crippen molar-refractivity contribution in [2.24, 2.45) is 11.8 Å². The molecule has 2 aromatic rings. The van der Waals surface area contributed by atoms with E-state index in [4.69, 9.17) is 29.4 Å². The summed E-state index contributed by atoms with van der Waals surface area (Å²) in [6, 6.07) is 5.94. The van der Waals surface area contributed by atoms with Crippen molar-refractivity contribution in [3.8, 4) is 11.3 Å². The first kappa shape index (κ1) is 66.1. The molecule has 13 atom stereocenters. The number of nitrogen functional groups attached to an aromatic ring is 1. The molecule has 17 heteroatoms. The number of ether oxygens (including phenoxy) is 5. The minimum atomic E-state index is -3.15. The Hall–Kier alpha value is -4.00. The first-order valence-electron chi connectivity index (χ1n) is 21.9. The lowest BCUT2D eigenvalue weighted by molar-refractivity contribution is -0.295. The molecule has 3 fully saturated rings. The molecule has 0 bridgehead atoms. The zero-order valence-corrected chi connectivity index (χ0v) is 38.2. The molecular weight excluding hydrogens is 874 g/mol. The highest BCUT2D eigenvalue weighted by molar-refractivity contribution is 6.07. The molecule has 1 aromatic carbocycles. The Labute approximate surface area is 410 Å². The van der Waals surface area contributed by atoms with Gasteiger partial charge in [-0.15, -0.1) is 11.7 Å². The number of aliphatic hydroxyl groups excluding tert-OH is 1. The molecule has 4 N–H and O–H groups in total. The van der Waals surface area contributed by atoms with Gasteiger partial charge in [-0.25, -0.2) is 14.0 Å². The number of Topliss-reactive ketones (excluding diaryl/α,β-unsaturated/α-hetero) is 1. The molecule has 1 amide bonds. The van der Waals surface area contributed by atoms with Gasteiger partial charge in [-0.1, -0.05) is 88.8 Å². The van der Waals surface area contributed by atoms with Gasteiger partial charge in [0.15, 0.2) is 17.7 Å². The molecule has 0 aliphatic carbocycles. The average molecular weight is 968 g/mol. The fourth-order valence-corrected chi connectivity index (χ4v) is 9.66. The summed E-state index contributed by atoms with van der Waals surface area (Å²) in [5, 5.41) is 23.7. The number of unbranched alkanes of at least 4 members (excludes halogenated alkanes) is 1. The van der Waals surface area contributed by atoms with Crippen LogP contribution >= 0.6 is 0 Å². The van der Waals surface area contributed by atoms with Gasteiger partial charge in [0, 0.05) is 49.5 Å². The molecule has 394 valence electrons. The van der Waals surface area contributed by atoms with Crippen LogP contribution in [0.3, 0.4) is 0 Å². The van der Waals surface area contributed by atoms with E-state index in [1.807, 2.05) is 57.2 Å². The third-order valence-electron chi connectivity index (χ3n) is 13.1. The highest BCUT2D eigenvalue weighted by atomic mass is 19.1. The Morgan fingerprint density at radius 2 is 1.71 bits per heavy atom. The number of methoxy groups -OCH3 is 1. The topological polar surface area (TPSA) is 193 Å². The van der Waals surface area contributed by atoms with Gasteiger partial charge < -0.3 is 44.7 Å². The molecule has 3 aliphatic heterocycles. The maximum Gasteiger partial charge on any atom is 0.410 e. The van der Waals surface area contributed by atoms with E-state index in [9.17, 15) is 19.5 Å². The maximum absolute atomic E-state index is 17.1. The number of esters is 1. The number of benzene rings is 1.